The lowest BCUT2D eigenvalue weighted by Crippen LogP contribution is -2.52. The largest absolute Gasteiger partial charge is 0.427 e. The highest BCUT2D eigenvalue weighted by Gasteiger charge is 2.41. The Morgan fingerprint density at radius 3 is 2.54 bits per heavy atom. The summed E-state index contributed by atoms with van der Waals surface area (Å²) in [4.78, 5) is 15.9. The summed E-state index contributed by atoms with van der Waals surface area (Å²) in [6.07, 6.45) is 10.7. The van der Waals surface area contributed by atoms with E-state index in [-0.39, 0.29) is 5.82 Å². The highest BCUT2D eigenvalue weighted by Crippen LogP contribution is 2.38. The molecular weight excluding hydrogens is 319 g/mol. The zero-order valence-electron chi connectivity index (χ0n) is 14.4. The number of nitrogens with zero attached hydrogens (tertiary/aromatic N) is 2. The second-order valence-corrected chi connectivity index (χ2v) is 10.8. The van der Waals surface area contributed by atoms with Crippen molar-refractivity contribution in [2.45, 2.75) is 63.6 Å². The molecule has 1 aromatic carbocycles. The predicted molar refractivity (Wildman–Crippen MR) is 97.2 cm³/mol. The lowest BCUT2D eigenvalue weighted by molar-refractivity contribution is 0.430. The van der Waals surface area contributed by atoms with Crippen molar-refractivity contribution in [1.82, 2.24) is 9.55 Å². The number of hydrogen-bond donors (Lipinski definition) is 1. The molecule has 0 amide bonds. The van der Waals surface area contributed by atoms with E-state index in [0.717, 1.165) is 42.9 Å². The van der Waals surface area contributed by atoms with Crippen LogP contribution in [0.4, 0.5) is 4.39 Å². The third kappa shape index (κ3) is 3.78. The standard InChI is InChI=1S/C19H27FN2OSi/c1-16-21-12-14-22(16)13-5-15-24(23,18-6-3-2-4-7-18)19-10-8-17(20)9-11-19/h8-12,14,18,23H,2-7,13,15H2,1H3. The fraction of sp³-hybridized carbons (Fsp3) is 0.526. The number of hydrogen-bond acceptors (Lipinski definition) is 2. The van der Waals surface area contributed by atoms with E-state index in [0.29, 0.717) is 5.54 Å². The molecule has 0 saturated heterocycles. The second kappa shape index (κ2) is 7.62. The van der Waals surface area contributed by atoms with Crippen LogP contribution in [0.1, 0.15) is 44.3 Å². The summed E-state index contributed by atoms with van der Waals surface area (Å²) in [6, 6.07) is 7.46. The van der Waals surface area contributed by atoms with Gasteiger partial charge in [-0.25, -0.2) is 9.37 Å². The van der Waals surface area contributed by atoms with Crippen LogP contribution in [0.2, 0.25) is 11.6 Å². The molecule has 130 valence electrons. The highest BCUT2D eigenvalue weighted by atomic mass is 28.4. The lowest BCUT2D eigenvalue weighted by Gasteiger charge is -2.37. The number of rotatable bonds is 6. The molecule has 1 aliphatic rings. The minimum atomic E-state index is -2.60. The van der Waals surface area contributed by atoms with Crippen LogP contribution in [0.25, 0.3) is 0 Å². The van der Waals surface area contributed by atoms with Gasteiger partial charge in [0, 0.05) is 18.9 Å². The SMILES string of the molecule is Cc1nccn1CCC[Si](O)(c1ccc(F)cc1)C1CCCCC1. The Bertz CT molecular complexity index is 652. The maximum absolute atomic E-state index is 13.3. The van der Waals surface area contributed by atoms with Crippen LogP contribution in [0.15, 0.2) is 36.7 Å². The van der Waals surface area contributed by atoms with Crippen LogP contribution in [-0.2, 0) is 6.54 Å². The molecular formula is C19H27FN2OSi. The van der Waals surface area contributed by atoms with E-state index in [9.17, 15) is 9.19 Å². The van der Waals surface area contributed by atoms with Crippen LogP contribution in [0.3, 0.4) is 0 Å². The fourth-order valence-corrected chi connectivity index (χ4v) is 8.03. The van der Waals surface area contributed by atoms with Gasteiger partial charge in [0.1, 0.15) is 11.6 Å². The van der Waals surface area contributed by atoms with Crippen molar-refractivity contribution in [2.75, 3.05) is 0 Å². The lowest BCUT2D eigenvalue weighted by atomic mass is 10.0. The van der Waals surface area contributed by atoms with E-state index in [1.165, 1.54) is 31.4 Å². The molecule has 1 unspecified atom stereocenters. The number of imidazole rings is 1. The van der Waals surface area contributed by atoms with Gasteiger partial charge in [-0.2, -0.15) is 0 Å². The van der Waals surface area contributed by atoms with E-state index < -0.39 is 8.32 Å². The van der Waals surface area contributed by atoms with Gasteiger partial charge in [0.25, 0.3) is 0 Å². The molecule has 3 nitrogen and oxygen atoms in total. The molecule has 1 fully saturated rings. The number of benzene rings is 1. The number of halogens is 1. The minimum absolute atomic E-state index is 0.229. The van der Waals surface area contributed by atoms with E-state index in [1.54, 1.807) is 0 Å². The predicted octanol–water partition coefficient (Wildman–Crippen LogP) is 3.90. The van der Waals surface area contributed by atoms with Crippen LogP contribution < -0.4 is 5.19 Å². The summed E-state index contributed by atoms with van der Waals surface area (Å²) in [7, 11) is -2.60. The van der Waals surface area contributed by atoms with Crippen LogP contribution in [0.5, 0.6) is 0 Å². The average Bonchev–Trinajstić information content (AvgIpc) is 3.01. The summed E-state index contributed by atoms with van der Waals surface area (Å²) < 4.78 is 15.5. The molecule has 24 heavy (non-hydrogen) atoms. The van der Waals surface area contributed by atoms with Crippen LogP contribution in [0, 0.1) is 12.7 Å². The zero-order valence-corrected chi connectivity index (χ0v) is 15.4. The molecule has 1 saturated carbocycles. The van der Waals surface area contributed by atoms with Gasteiger partial charge in [-0.3, -0.25) is 0 Å². The molecule has 1 N–H and O–H groups in total. The molecule has 0 aliphatic heterocycles. The third-order valence-electron chi connectivity index (χ3n) is 5.51. The van der Waals surface area contributed by atoms with Gasteiger partial charge >= 0.3 is 0 Å². The normalized spacial score (nSPS) is 18.5. The first-order chi connectivity index (χ1) is 11.6. The molecule has 1 atom stereocenters. The van der Waals surface area contributed by atoms with Gasteiger partial charge in [0.2, 0.25) is 8.32 Å². The fourth-order valence-electron chi connectivity index (χ4n) is 4.06. The van der Waals surface area contributed by atoms with Gasteiger partial charge < -0.3 is 9.36 Å². The van der Waals surface area contributed by atoms with Gasteiger partial charge in [-0.05, 0) is 42.2 Å². The first-order valence-corrected chi connectivity index (χ1v) is 11.3. The number of aromatic nitrogens is 2. The van der Waals surface area contributed by atoms with E-state index in [4.69, 9.17) is 0 Å². The molecule has 0 spiro atoms. The van der Waals surface area contributed by atoms with Crippen molar-refractivity contribution in [1.29, 1.82) is 0 Å². The van der Waals surface area contributed by atoms with E-state index >= 15 is 0 Å². The second-order valence-electron chi connectivity index (χ2n) is 7.04. The Balaban J connectivity index is 1.76. The summed E-state index contributed by atoms with van der Waals surface area (Å²) in [5.74, 6) is 0.785. The molecule has 5 heteroatoms. The molecule has 1 heterocycles. The minimum Gasteiger partial charge on any atom is -0.427 e. The van der Waals surface area contributed by atoms with Crippen molar-refractivity contribution >= 4 is 13.5 Å². The average molecular weight is 347 g/mol. The van der Waals surface area contributed by atoms with Crippen LogP contribution in [-0.4, -0.2) is 22.7 Å². The topological polar surface area (TPSA) is 38.0 Å². The monoisotopic (exact) mass is 346 g/mol. The Hall–Kier alpha value is -1.46. The quantitative estimate of drug-likeness (QED) is 0.806. The summed E-state index contributed by atoms with van der Waals surface area (Å²) >= 11 is 0. The van der Waals surface area contributed by atoms with Crippen molar-refractivity contribution in [3.8, 4) is 0 Å². The molecule has 0 radical (unpaired) electrons. The van der Waals surface area contributed by atoms with Gasteiger partial charge in [0.05, 0.1) is 0 Å². The maximum Gasteiger partial charge on any atom is 0.223 e. The van der Waals surface area contributed by atoms with E-state index in [1.807, 2.05) is 31.5 Å². The maximum atomic E-state index is 13.3. The molecule has 3 rings (SSSR count). The summed E-state index contributed by atoms with van der Waals surface area (Å²) in [5.41, 5.74) is 0.403. The Morgan fingerprint density at radius 2 is 1.92 bits per heavy atom. The Labute approximate surface area is 144 Å². The summed E-state index contributed by atoms with van der Waals surface area (Å²) in [5, 5.41) is 0.998. The molecule has 0 bridgehead atoms. The molecule has 1 aliphatic carbocycles. The first kappa shape index (κ1) is 17.4. The van der Waals surface area contributed by atoms with Crippen LogP contribution >= 0.6 is 0 Å². The van der Waals surface area contributed by atoms with Gasteiger partial charge in [0.15, 0.2) is 0 Å². The summed E-state index contributed by atoms with van der Waals surface area (Å²) in [6.45, 7) is 2.89. The Morgan fingerprint density at radius 1 is 1.21 bits per heavy atom. The van der Waals surface area contributed by atoms with Crippen molar-refractivity contribution in [2.24, 2.45) is 0 Å². The van der Waals surface area contributed by atoms with E-state index in [2.05, 4.69) is 9.55 Å². The first-order valence-electron chi connectivity index (χ1n) is 9.06. The smallest absolute Gasteiger partial charge is 0.223 e. The van der Waals surface area contributed by atoms with Crippen molar-refractivity contribution in [3.05, 3.63) is 48.3 Å². The number of aryl methyl sites for hydroxylation is 2. The highest BCUT2D eigenvalue weighted by molar-refractivity contribution is 6.86. The van der Waals surface area contributed by atoms with Crippen molar-refractivity contribution < 1.29 is 9.19 Å². The Kier molecular flexibility index (Phi) is 5.51. The van der Waals surface area contributed by atoms with Gasteiger partial charge in [-0.15, -0.1) is 0 Å². The third-order valence-corrected chi connectivity index (χ3v) is 9.88. The van der Waals surface area contributed by atoms with Crippen molar-refractivity contribution in [3.63, 3.8) is 0 Å². The molecule has 2 aromatic rings. The van der Waals surface area contributed by atoms with Gasteiger partial charge in [-0.1, -0.05) is 44.2 Å². The molecule has 1 aromatic heterocycles. The zero-order chi connectivity index (χ0) is 17.0.